The van der Waals surface area contributed by atoms with Crippen LogP contribution in [0, 0.1) is 0 Å². The summed E-state index contributed by atoms with van der Waals surface area (Å²) in [6.45, 7) is 0. The highest BCUT2D eigenvalue weighted by atomic mass is 15.0. The Balaban J connectivity index is 1.10. The monoisotopic (exact) mass is 647 g/mol. The van der Waals surface area contributed by atoms with Crippen LogP contribution in [0.4, 0.5) is 0 Å². The summed E-state index contributed by atoms with van der Waals surface area (Å²) in [4.78, 5) is 0. The first-order chi connectivity index (χ1) is 25.3. The summed E-state index contributed by atoms with van der Waals surface area (Å²) in [5.74, 6) is 0. The van der Waals surface area contributed by atoms with Crippen LogP contribution in [0.2, 0.25) is 0 Å². The van der Waals surface area contributed by atoms with Crippen molar-refractivity contribution in [2.24, 2.45) is 0 Å². The number of hydrogen-bond donors (Lipinski definition) is 0. The largest absolute Gasteiger partial charge is 0.309 e. The minimum Gasteiger partial charge on any atom is -0.309 e. The number of fused-ring (bicyclic) bond motifs is 12. The van der Waals surface area contributed by atoms with E-state index < -0.39 is 0 Å². The Morgan fingerprint density at radius 2 is 0.647 bits per heavy atom. The smallest absolute Gasteiger partial charge is 0.0622 e. The molecule has 0 aliphatic rings. The molecule has 0 unspecified atom stereocenters. The first kappa shape index (κ1) is 27.0. The van der Waals surface area contributed by atoms with Crippen LogP contribution in [0.15, 0.2) is 176 Å². The zero-order chi connectivity index (χ0) is 33.2. The normalized spacial score (nSPS) is 12.3. The molecule has 4 aromatic heterocycles. The van der Waals surface area contributed by atoms with Crippen LogP contribution in [0.25, 0.3) is 104 Å². The summed E-state index contributed by atoms with van der Waals surface area (Å²) in [6, 6.07) is 64.7. The molecule has 0 saturated heterocycles. The third-order valence-corrected chi connectivity index (χ3v) is 11.1. The molecule has 12 rings (SSSR count). The van der Waals surface area contributed by atoms with Gasteiger partial charge in [0.1, 0.15) is 0 Å². The van der Waals surface area contributed by atoms with Crippen molar-refractivity contribution < 1.29 is 0 Å². The Bertz CT molecular complexity index is 3270. The lowest BCUT2D eigenvalue weighted by Crippen LogP contribution is -1.94. The second-order valence-corrected chi connectivity index (χ2v) is 13.8. The van der Waals surface area contributed by atoms with Crippen molar-refractivity contribution in [1.29, 1.82) is 0 Å². The van der Waals surface area contributed by atoms with Gasteiger partial charge >= 0.3 is 0 Å². The van der Waals surface area contributed by atoms with E-state index in [4.69, 9.17) is 0 Å². The Hall–Kier alpha value is -6.84. The maximum Gasteiger partial charge on any atom is 0.0622 e. The molecule has 236 valence electrons. The maximum absolute atomic E-state index is 2.47. The van der Waals surface area contributed by atoms with Crippen molar-refractivity contribution in [3.8, 4) is 22.5 Å². The third-order valence-electron chi connectivity index (χ3n) is 11.1. The van der Waals surface area contributed by atoms with E-state index in [0.717, 1.165) is 0 Å². The molecule has 51 heavy (non-hydrogen) atoms. The molecule has 0 saturated carbocycles. The second-order valence-electron chi connectivity index (χ2n) is 13.8. The molecule has 0 bridgehead atoms. The fourth-order valence-corrected chi connectivity index (χ4v) is 9.00. The van der Waals surface area contributed by atoms with Gasteiger partial charge in [-0.15, -0.1) is 0 Å². The third kappa shape index (κ3) is 3.57. The summed E-state index contributed by atoms with van der Waals surface area (Å²) < 4.78 is 7.29. The van der Waals surface area contributed by atoms with Gasteiger partial charge in [0.15, 0.2) is 0 Å². The van der Waals surface area contributed by atoms with Crippen molar-refractivity contribution in [2.75, 3.05) is 0 Å². The molecule has 0 N–H and O–H groups in total. The summed E-state index contributed by atoms with van der Waals surface area (Å²) in [5, 5.41) is 10.2. The van der Waals surface area contributed by atoms with Crippen LogP contribution in [0.1, 0.15) is 0 Å². The van der Waals surface area contributed by atoms with Crippen LogP contribution < -0.4 is 0 Å². The van der Waals surface area contributed by atoms with Gasteiger partial charge in [0.2, 0.25) is 0 Å². The van der Waals surface area contributed by atoms with Crippen LogP contribution in [-0.4, -0.2) is 13.5 Å². The van der Waals surface area contributed by atoms with Gasteiger partial charge in [0.25, 0.3) is 0 Å². The lowest BCUT2D eigenvalue weighted by atomic mass is 10.0. The minimum absolute atomic E-state index is 1.18. The van der Waals surface area contributed by atoms with Crippen molar-refractivity contribution >= 4 is 81.7 Å². The Morgan fingerprint density at radius 1 is 0.255 bits per heavy atom. The molecule has 0 spiro atoms. The van der Waals surface area contributed by atoms with Crippen LogP contribution >= 0.6 is 0 Å². The summed E-state index contributed by atoms with van der Waals surface area (Å²) in [7, 11) is 0. The fraction of sp³-hybridized carbons (Fsp3) is 0. The first-order valence-electron chi connectivity index (χ1n) is 17.6. The van der Waals surface area contributed by atoms with Gasteiger partial charge in [-0.05, 0) is 83.9 Å². The lowest BCUT2D eigenvalue weighted by molar-refractivity contribution is 1.18. The summed E-state index contributed by atoms with van der Waals surface area (Å²) >= 11 is 0. The Morgan fingerprint density at radius 3 is 1.16 bits per heavy atom. The van der Waals surface area contributed by atoms with Crippen LogP contribution in [0.3, 0.4) is 0 Å². The zero-order valence-corrected chi connectivity index (χ0v) is 27.6. The van der Waals surface area contributed by atoms with Crippen molar-refractivity contribution in [1.82, 2.24) is 13.5 Å². The average molecular weight is 648 g/mol. The van der Waals surface area contributed by atoms with E-state index in [0.29, 0.717) is 0 Å². The maximum atomic E-state index is 2.47. The predicted molar refractivity (Wildman–Crippen MR) is 215 cm³/mol. The van der Waals surface area contributed by atoms with E-state index in [1.165, 1.54) is 104 Å². The molecule has 0 fully saturated rings. The van der Waals surface area contributed by atoms with Crippen molar-refractivity contribution in [3.63, 3.8) is 0 Å². The highest BCUT2D eigenvalue weighted by molar-refractivity contribution is 6.24. The molecule has 8 aromatic carbocycles. The topological polar surface area (TPSA) is 14.3 Å². The molecular weight excluding hydrogens is 619 g/mol. The molecule has 0 amide bonds. The molecule has 3 nitrogen and oxygen atoms in total. The van der Waals surface area contributed by atoms with Gasteiger partial charge in [0.05, 0.1) is 38.6 Å². The molecule has 0 radical (unpaired) electrons. The van der Waals surface area contributed by atoms with Gasteiger partial charge in [-0.2, -0.15) is 0 Å². The summed E-state index contributed by atoms with van der Waals surface area (Å²) in [6.07, 6.45) is 0. The zero-order valence-electron chi connectivity index (χ0n) is 27.6. The van der Waals surface area contributed by atoms with E-state index in [-0.39, 0.29) is 0 Å². The van der Waals surface area contributed by atoms with E-state index in [2.05, 4.69) is 189 Å². The molecule has 3 heteroatoms. The Kier molecular flexibility index (Phi) is 5.23. The number of hydrogen-bond acceptors (Lipinski definition) is 0. The molecule has 0 aliphatic heterocycles. The highest BCUT2D eigenvalue weighted by Crippen LogP contribution is 2.43. The standard InChI is InChI=1S/C48H29N3/c1-2-12-32(13-3-1)49-42-18-8-4-14-34(42)38-26-30(22-24-46(38)49)31-23-25-47-39(27-31)35-15-5-9-19-43(35)50(47)33-28-40-36-16-6-10-20-44(36)51-45-21-11-7-17-37(45)41(29-33)48(40)51/h1-29H. The van der Waals surface area contributed by atoms with Gasteiger partial charge in [0, 0.05) is 54.5 Å². The van der Waals surface area contributed by atoms with E-state index in [1.807, 2.05) is 0 Å². The van der Waals surface area contributed by atoms with Gasteiger partial charge in [-0.1, -0.05) is 103 Å². The predicted octanol–water partition coefficient (Wildman–Crippen LogP) is 12.7. The molecular formula is C48H29N3. The van der Waals surface area contributed by atoms with Crippen molar-refractivity contribution in [3.05, 3.63) is 176 Å². The van der Waals surface area contributed by atoms with Gasteiger partial charge in [-0.3, -0.25) is 0 Å². The SMILES string of the molecule is c1ccc(-n2c3ccccc3c3cc(-c4ccc5c(c4)c4ccccc4n5-c4cc5c6ccccc6n6c7ccccc7c(c4)c56)ccc32)cc1. The second kappa shape index (κ2) is 9.87. The molecule has 12 aromatic rings. The fourth-order valence-electron chi connectivity index (χ4n) is 9.00. The number of para-hydroxylation sites is 5. The number of benzene rings is 8. The van der Waals surface area contributed by atoms with Crippen LogP contribution in [-0.2, 0) is 0 Å². The lowest BCUT2D eigenvalue weighted by Gasteiger charge is -2.10. The van der Waals surface area contributed by atoms with E-state index in [1.54, 1.807) is 0 Å². The summed E-state index contributed by atoms with van der Waals surface area (Å²) in [5.41, 5.74) is 13.5. The molecule has 4 heterocycles. The quantitative estimate of drug-likeness (QED) is 0.181. The first-order valence-corrected chi connectivity index (χ1v) is 17.6. The Labute approximate surface area is 292 Å². The van der Waals surface area contributed by atoms with Gasteiger partial charge < -0.3 is 13.5 Å². The van der Waals surface area contributed by atoms with E-state index in [9.17, 15) is 0 Å². The van der Waals surface area contributed by atoms with E-state index >= 15 is 0 Å². The highest BCUT2D eigenvalue weighted by Gasteiger charge is 2.21. The number of aromatic nitrogens is 3. The van der Waals surface area contributed by atoms with Gasteiger partial charge in [-0.25, -0.2) is 0 Å². The number of rotatable bonds is 3. The molecule has 0 atom stereocenters. The van der Waals surface area contributed by atoms with Crippen LogP contribution in [0.5, 0.6) is 0 Å². The number of nitrogens with zero attached hydrogens (tertiary/aromatic N) is 3. The molecule has 0 aliphatic carbocycles. The minimum atomic E-state index is 1.18. The average Bonchev–Trinajstić information content (AvgIpc) is 3.92. The van der Waals surface area contributed by atoms with Crippen molar-refractivity contribution in [2.45, 2.75) is 0 Å².